The fourth-order valence-corrected chi connectivity index (χ4v) is 1.49. The maximum Gasteiger partial charge on any atom is 0.325 e. The van der Waals surface area contributed by atoms with Crippen LogP contribution in [0.15, 0.2) is 0 Å². The third-order valence-electron chi connectivity index (χ3n) is 2.57. The topological polar surface area (TPSA) is 78.5 Å². The van der Waals surface area contributed by atoms with Crippen molar-refractivity contribution in [3.8, 4) is 0 Å². The summed E-state index contributed by atoms with van der Waals surface area (Å²) < 4.78 is 0. The van der Waals surface area contributed by atoms with Gasteiger partial charge in [-0.15, -0.1) is 0 Å². The van der Waals surface area contributed by atoms with E-state index in [-0.39, 0.29) is 24.4 Å². The molecule has 0 bridgehead atoms. The molecule has 2 fully saturated rings. The highest BCUT2D eigenvalue weighted by atomic mass is 16.2. The Labute approximate surface area is 87.0 Å². The van der Waals surface area contributed by atoms with Crippen LogP contribution in [0, 0.1) is 0 Å². The number of nitrogens with one attached hydrogen (secondary N) is 2. The van der Waals surface area contributed by atoms with E-state index in [1.807, 2.05) is 0 Å². The van der Waals surface area contributed by atoms with Crippen LogP contribution in [-0.2, 0) is 9.59 Å². The smallest absolute Gasteiger partial charge is 0.325 e. The van der Waals surface area contributed by atoms with Crippen LogP contribution in [0.5, 0.6) is 0 Å². The summed E-state index contributed by atoms with van der Waals surface area (Å²) in [7, 11) is 0. The van der Waals surface area contributed by atoms with E-state index < -0.39 is 12.1 Å². The average Bonchev–Trinajstić information content (AvgIpc) is 2.93. The van der Waals surface area contributed by atoms with Gasteiger partial charge in [0.25, 0.3) is 5.91 Å². The first-order chi connectivity index (χ1) is 7.09. The molecule has 0 radical (unpaired) electrons. The second-order valence-corrected chi connectivity index (χ2v) is 3.88. The first-order valence-electron chi connectivity index (χ1n) is 5.00. The van der Waals surface area contributed by atoms with Gasteiger partial charge in [-0.25, -0.2) is 4.79 Å². The molecule has 15 heavy (non-hydrogen) atoms. The van der Waals surface area contributed by atoms with Crippen molar-refractivity contribution >= 4 is 17.8 Å². The Morgan fingerprint density at radius 3 is 2.67 bits per heavy atom. The Kier molecular flexibility index (Phi) is 2.34. The fraction of sp³-hybridized carbons (Fsp3) is 0.667. The third kappa shape index (κ3) is 1.93. The minimum Gasteiger partial charge on any atom is -0.352 e. The van der Waals surface area contributed by atoms with Crippen molar-refractivity contribution in [3.63, 3.8) is 0 Å². The summed E-state index contributed by atoms with van der Waals surface area (Å²) in [5, 5.41) is 5.14. The third-order valence-corrected chi connectivity index (χ3v) is 2.57. The van der Waals surface area contributed by atoms with Crippen LogP contribution in [0.25, 0.3) is 0 Å². The minimum absolute atomic E-state index is 0.0140. The number of carbonyl (C=O) groups is 3. The fourth-order valence-electron chi connectivity index (χ4n) is 1.49. The molecule has 1 heterocycles. The zero-order valence-electron chi connectivity index (χ0n) is 8.45. The average molecular weight is 211 g/mol. The zero-order valence-corrected chi connectivity index (χ0v) is 8.45. The first-order valence-corrected chi connectivity index (χ1v) is 5.00. The molecule has 2 rings (SSSR count). The van der Waals surface area contributed by atoms with E-state index in [0.717, 1.165) is 17.7 Å². The number of hydrogen-bond acceptors (Lipinski definition) is 3. The Hall–Kier alpha value is -1.59. The highest BCUT2D eigenvalue weighted by Gasteiger charge is 2.37. The van der Waals surface area contributed by atoms with E-state index >= 15 is 0 Å². The van der Waals surface area contributed by atoms with Crippen LogP contribution in [0.3, 0.4) is 0 Å². The maximum absolute atomic E-state index is 11.6. The van der Waals surface area contributed by atoms with Crippen molar-refractivity contribution in [3.05, 3.63) is 0 Å². The van der Waals surface area contributed by atoms with E-state index in [1.54, 1.807) is 6.92 Å². The van der Waals surface area contributed by atoms with Gasteiger partial charge in [-0.2, -0.15) is 0 Å². The highest BCUT2D eigenvalue weighted by Crippen LogP contribution is 2.19. The van der Waals surface area contributed by atoms with E-state index in [9.17, 15) is 14.4 Å². The number of amides is 4. The lowest BCUT2D eigenvalue weighted by Gasteiger charge is -2.20. The van der Waals surface area contributed by atoms with E-state index in [2.05, 4.69) is 10.6 Å². The summed E-state index contributed by atoms with van der Waals surface area (Å²) in [5.41, 5.74) is 0. The number of carbonyl (C=O) groups excluding carboxylic acids is 3. The van der Waals surface area contributed by atoms with E-state index in [1.165, 1.54) is 0 Å². The summed E-state index contributed by atoms with van der Waals surface area (Å²) in [5.74, 6) is -0.610. The molecule has 0 aromatic carbocycles. The van der Waals surface area contributed by atoms with Crippen molar-refractivity contribution in [1.29, 1.82) is 0 Å². The van der Waals surface area contributed by atoms with Gasteiger partial charge in [0.15, 0.2) is 0 Å². The molecule has 0 aromatic rings. The molecule has 1 saturated carbocycles. The van der Waals surface area contributed by atoms with Gasteiger partial charge in [-0.1, -0.05) is 0 Å². The number of rotatable bonds is 3. The highest BCUT2D eigenvalue weighted by molar-refractivity contribution is 6.05. The van der Waals surface area contributed by atoms with Crippen LogP contribution in [0.1, 0.15) is 19.8 Å². The molecule has 2 N–H and O–H groups in total. The van der Waals surface area contributed by atoms with E-state index in [0.29, 0.717) is 0 Å². The van der Waals surface area contributed by atoms with Gasteiger partial charge in [-0.05, 0) is 19.8 Å². The molecular formula is C9H13N3O3. The van der Waals surface area contributed by atoms with Gasteiger partial charge in [0.1, 0.15) is 6.04 Å². The zero-order chi connectivity index (χ0) is 11.0. The number of hydrogen-bond donors (Lipinski definition) is 2. The number of imide groups is 1. The van der Waals surface area contributed by atoms with Crippen LogP contribution >= 0.6 is 0 Å². The summed E-state index contributed by atoms with van der Waals surface area (Å²) in [6, 6.07) is -0.972. The lowest BCUT2D eigenvalue weighted by atomic mass is 10.2. The molecule has 2 aliphatic rings. The Morgan fingerprint density at radius 2 is 2.20 bits per heavy atom. The van der Waals surface area contributed by atoms with Gasteiger partial charge >= 0.3 is 6.03 Å². The molecule has 1 atom stereocenters. The predicted octanol–water partition coefficient (Wildman–Crippen LogP) is -0.795. The molecular weight excluding hydrogens is 198 g/mol. The molecule has 0 spiro atoms. The molecule has 0 aromatic heterocycles. The Balaban J connectivity index is 1.98. The molecule has 4 amide bonds. The molecule has 6 nitrogen and oxygen atoms in total. The van der Waals surface area contributed by atoms with Crippen LogP contribution in [0.2, 0.25) is 0 Å². The number of urea groups is 1. The van der Waals surface area contributed by atoms with Crippen LogP contribution < -0.4 is 10.6 Å². The summed E-state index contributed by atoms with van der Waals surface area (Å²) in [6.45, 7) is 1.54. The second kappa shape index (κ2) is 3.52. The second-order valence-electron chi connectivity index (χ2n) is 3.88. The lowest BCUT2D eigenvalue weighted by molar-refractivity contribution is -0.134. The Bertz CT molecular complexity index is 309. The Morgan fingerprint density at radius 1 is 1.53 bits per heavy atom. The first kappa shape index (κ1) is 9.95. The van der Waals surface area contributed by atoms with Gasteiger partial charge in [0.2, 0.25) is 5.91 Å². The lowest BCUT2D eigenvalue weighted by Crippen LogP contribution is -2.48. The molecule has 1 aliphatic heterocycles. The summed E-state index contributed by atoms with van der Waals surface area (Å²) in [6.07, 6.45) is 1.97. The van der Waals surface area contributed by atoms with Crippen molar-refractivity contribution < 1.29 is 14.4 Å². The standard InChI is InChI=1S/C9H13N3O3/c1-5(8(14)11-6-2-3-6)12-7(13)4-10-9(12)15/h5-6H,2-4H2,1H3,(H,10,15)(H,11,14). The number of nitrogens with zero attached hydrogens (tertiary/aromatic N) is 1. The largest absolute Gasteiger partial charge is 0.352 e. The minimum atomic E-state index is -0.722. The normalized spacial score (nSPS) is 22.6. The molecule has 1 unspecified atom stereocenters. The summed E-state index contributed by atoms with van der Waals surface area (Å²) >= 11 is 0. The maximum atomic E-state index is 11.6. The molecule has 82 valence electrons. The van der Waals surface area contributed by atoms with Crippen molar-refractivity contribution in [2.24, 2.45) is 0 Å². The van der Waals surface area contributed by atoms with Gasteiger partial charge in [0.05, 0.1) is 6.54 Å². The van der Waals surface area contributed by atoms with Crippen LogP contribution in [-0.4, -0.2) is 41.4 Å². The van der Waals surface area contributed by atoms with Gasteiger partial charge in [0, 0.05) is 6.04 Å². The monoisotopic (exact) mass is 211 g/mol. The molecule has 1 aliphatic carbocycles. The van der Waals surface area contributed by atoms with Crippen molar-refractivity contribution in [2.45, 2.75) is 31.8 Å². The quantitative estimate of drug-likeness (QED) is 0.600. The molecule has 6 heteroatoms. The van der Waals surface area contributed by atoms with Gasteiger partial charge in [-0.3, -0.25) is 14.5 Å². The van der Waals surface area contributed by atoms with Crippen molar-refractivity contribution in [1.82, 2.24) is 15.5 Å². The summed E-state index contributed by atoms with van der Waals surface area (Å²) in [4.78, 5) is 35.1. The van der Waals surface area contributed by atoms with Crippen molar-refractivity contribution in [2.75, 3.05) is 6.54 Å². The van der Waals surface area contributed by atoms with Gasteiger partial charge < -0.3 is 10.6 Å². The molecule has 1 saturated heterocycles. The van der Waals surface area contributed by atoms with E-state index in [4.69, 9.17) is 0 Å². The predicted molar refractivity (Wildman–Crippen MR) is 50.9 cm³/mol. The SMILES string of the molecule is CC(C(=O)NC1CC1)N1C(=O)CNC1=O. The van der Waals surface area contributed by atoms with Crippen LogP contribution in [0.4, 0.5) is 4.79 Å².